The lowest BCUT2D eigenvalue weighted by molar-refractivity contribution is -2.00. The molecule has 122 valence electrons. The first-order chi connectivity index (χ1) is 10.7. The van der Waals surface area contributed by atoms with E-state index in [0.717, 1.165) is 0 Å². The summed E-state index contributed by atoms with van der Waals surface area (Å²) in [6.45, 7) is 4.32. The van der Waals surface area contributed by atoms with Crippen LogP contribution in [0.1, 0.15) is 9.75 Å². The fourth-order valence-corrected chi connectivity index (χ4v) is 4.75. The van der Waals surface area contributed by atoms with Crippen LogP contribution in [0, 0.1) is 24.1 Å². The Kier molecular flexibility index (Phi) is 6.24. The number of hydrogen-bond acceptors (Lipinski definition) is 6. The van der Waals surface area contributed by atoms with Crippen LogP contribution in [-0.2, 0) is 0 Å². The monoisotopic (exact) mass is 388 g/mol. The third-order valence-electron chi connectivity index (χ3n) is 2.68. The van der Waals surface area contributed by atoms with Gasteiger partial charge in [0.2, 0.25) is 21.1 Å². The molecule has 0 saturated carbocycles. The van der Waals surface area contributed by atoms with E-state index < -0.39 is 10.2 Å². The molecule has 23 heavy (non-hydrogen) atoms. The summed E-state index contributed by atoms with van der Waals surface area (Å²) in [6.07, 6.45) is 0. The predicted octanol–water partition coefficient (Wildman–Crippen LogP) is 1.35. The molecule has 0 saturated heterocycles. The lowest BCUT2D eigenvalue weighted by Gasteiger charge is -2.17. The van der Waals surface area contributed by atoms with Gasteiger partial charge in [-0.05, 0) is 38.1 Å². The highest BCUT2D eigenvalue weighted by Gasteiger charge is 2.17. The van der Waals surface area contributed by atoms with E-state index in [9.17, 15) is 0 Å². The smallest absolute Gasteiger partial charge is 0.222 e. The maximum absolute atomic E-state index is 8.49. The minimum absolute atomic E-state index is 1.36. The van der Waals surface area contributed by atoms with E-state index in [1.54, 1.807) is 0 Å². The van der Waals surface area contributed by atoms with Crippen molar-refractivity contribution >= 4 is 34.0 Å². The van der Waals surface area contributed by atoms with Crippen molar-refractivity contribution in [3.05, 3.63) is 52.2 Å². The minimum Gasteiger partial charge on any atom is -0.222 e. The van der Waals surface area contributed by atoms with Gasteiger partial charge in [-0.2, -0.15) is 0 Å². The maximum Gasteiger partial charge on any atom is 0.248 e. The highest BCUT2D eigenvalue weighted by molar-refractivity contribution is 7.26. The van der Waals surface area contributed by atoms with E-state index in [-0.39, 0.29) is 0 Å². The molecule has 0 atom stereocenters. The summed E-state index contributed by atoms with van der Waals surface area (Å²) in [5.41, 5.74) is 0. The molecule has 3 rings (SSSR count). The molecule has 0 amide bonds. The van der Waals surface area contributed by atoms with Crippen LogP contribution in [0.3, 0.4) is 0 Å². The number of halogens is 1. The number of hydrogen-bond donors (Lipinski definition) is 0. The van der Waals surface area contributed by atoms with E-state index in [1.165, 1.54) is 29.3 Å². The van der Waals surface area contributed by atoms with Crippen LogP contribution in [0.15, 0.2) is 42.5 Å². The molecule has 3 aromatic heterocycles. The first-order valence-corrected chi connectivity index (χ1v) is 10.1. The molecule has 3 heterocycles. The van der Waals surface area contributed by atoms with Crippen LogP contribution >= 0.6 is 34.0 Å². The van der Waals surface area contributed by atoms with Crippen LogP contribution < -0.4 is 18.6 Å². The second kappa shape index (κ2) is 7.78. The minimum atomic E-state index is -4.94. The largest absolute Gasteiger partial charge is 0.248 e. The van der Waals surface area contributed by atoms with Crippen molar-refractivity contribution in [2.24, 2.45) is 0 Å². The molecule has 0 bridgehead atoms. The van der Waals surface area contributed by atoms with Crippen molar-refractivity contribution in [3.8, 4) is 19.5 Å². The zero-order chi connectivity index (χ0) is 17.0. The Morgan fingerprint density at radius 1 is 0.739 bits per heavy atom. The van der Waals surface area contributed by atoms with Gasteiger partial charge < -0.3 is 0 Å². The standard InChI is InChI=1S/C15H13S3.ClHO4/c1-10-6-8-14(16-10)12-4-3-5-13(18-12)15-9-7-11(2)17-15;2-1(3,4)5/h3-9H,1-2H3;(H,2,3,4,5)/q+1;/p-1. The zero-order valence-electron chi connectivity index (χ0n) is 12.3. The van der Waals surface area contributed by atoms with Crippen molar-refractivity contribution < 1.29 is 28.9 Å². The van der Waals surface area contributed by atoms with Gasteiger partial charge in [-0.15, -0.1) is 32.9 Å². The van der Waals surface area contributed by atoms with Crippen molar-refractivity contribution in [1.82, 2.24) is 0 Å². The molecule has 0 aromatic carbocycles. The predicted molar refractivity (Wildman–Crippen MR) is 84.8 cm³/mol. The van der Waals surface area contributed by atoms with Crippen molar-refractivity contribution in [2.45, 2.75) is 13.8 Å². The maximum atomic E-state index is 8.49. The van der Waals surface area contributed by atoms with Crippen LogP contribution in [0.5, 0.6) is 0 Å². The Bertz CT molecular complexity index is 715. The van der Waals surface area contributed by atoms with Crippen LogP contribution in [-0.4, -0.2) is 0 Å². The topological polar surface area (TPSA) is 92.2 Å². The average Bonchev–Trinajstić information content (AvgIpc) is 3.06. The number of thiophene rings is 2. The molecule has 0 aliphatic rings. The lowest BCUT2D eigenvalue weighted by Crippen LogP contribution is -2.68. The molecule has 0 aliphatic heterocycles. The first kappa shape index (κ1) is 18.4. The van der Waals surface area contributed by atoms with Gasteiger partial charge in [0, 0.05) is 21.9 Å². The molecule has 0 N–H and O–H groups in total. The Balaban J connectivity index is 0.000000338. The molecule has 0 radical (unpaired) electrons. The van der Waals surface area contributed by atoms with Gasteiger partial charge in [0.15, 0.2) is 0 Å². The summed E-state index contributed by atoms with van der Waals surface area (Å²) in [4.78, 5) is 8.19. The highest BCUT2D eigenvalue weighted by Crippen LogP contribution is 2.37. The number of aryl methyl sites for hydroxylation is 2. The van der Waals surface area contributed by atoms with Crippen LogP contribution in [0.2, 0.25) is 0 Å². The summed E-state index contributed by atoms with van der Waals surface area (Å²) >= 11 is 5.60. The third kappa shape index (κ3) is 6.25. The fraction of sp³-hybridized carbons (Fsp3) is 0.133. The molecule has 4 nitrogen and oxygen atoms in total. The fourth-order valence-electron chi connectivity index (χ4n) is 1.81. The zero-order valence-corrected chi connectivity index (χ0v) is 15.5. The highest BCUT2D eigenvalue weighted by atomic mass is 35.7. The molecular formula is C15H13ClO4S3. The van der Waals surface area contributed by atoms with E-state index in [0.29, 0.717) is 0 Å². The van der Waals surface area contributed by atoms with E-state index in [2.05, 4.69) is 56.3 Å². The van der Waals surface area contributed by atoms with Gasteiger partial charge in [0.25, 0.3) is 0 Å². The van der Waals surface area contributed by atoms with Gasteiger partial charge in [-0.1, -0.05) is 6.07 Å². The Morgan fingerprint density at radius 2 is 1.13 bits per heavy atom. The van der Waals surface area contributed by atoms with Crippen molar-refractivity contribution in [1.29, 1.82) is 0 Å². The third-order valence-corrected chi connectivity index (χ3v) is 6.16. The molecule has 0 spiro atoms. The van der Waals surface area contributed by atoms with Gasteiger partial charge >= 0.3 is 0 Å². The summed E-state index contributed by atoms with van der Waals surface area (Å²) in [6, 6.07) is 15.4. The Hall–Kier alpha value is -0.900. The molecular weight excluding hydrogens is 376 g/mol. The van der Waals surface area contributed by atoms with E-state index in [4.69, 9.17) is 18.6 Å². The second-order valence-electron chi connectivity index (χ2n) is 4.55. The average molecular weight is 389 g/mol. The Morgan fingerprint density at radius 3 is 1.43 bits per heavy atom. The molecule has 0 fully saturated rings. The molecule has 8 heteroatoms. The Labute approximate surface area is 148 Å². The summed E-state index contributed by atoms with van der Waals surface area (Å²) in [7, 11) is -4.94. The molecule has 0 unspecified atom stereocenters. The van der Waals surface area contributed by atoms with E-state index >= 15 is 0 Å². The lowest BCUT2D eigenvalue weighted by atomic mass is 10.3. The van der Waals surface area contributed by atoms with Gasteiger partial charge in [-0.25, -0.2) is 18.6 Å². The van der Waals surface area contributed by atoms with Crippen molar-refractivity contribution in [3.63, 3.8) is 0 Å². The van der Waals surface area contributed by atoms with Crippen LogP contribution in [0.25, 0.3) is 19.5 Å². The molecule has 0 aliphatic carbocycles. The summed E-state index contributed by atoms with van der Waals surface area (Å²) in [5.74, 6) is 0. The SMILES string of the molecule is Cc1ccc(-c2cccc(-c3ccc(C)s3)[s+]2)s1.[O-][Cl+3]([O-])([O-])[O-]. The normalized spacial score (nSPS) is 11.0. The quantitative estimate of drug-likeness (QED) is 0.619. The first-order valence-electron chi connectivity index (χ1n) is 6.41. The van der Waals surface area contributed by atoms with Gasteiger partial charge in [-0.3, -0.25) is 0 Å². The number of rotatable bonds is 2. The van der Waals surface area contributed by atoms with Gasteiger partial charge in [0.05, 0.1) is 9.75 Å². The summed E-state index contributed by atoms with van der Waals surface area (Å²) in [5, 5.41) is 0. The molecule has 3 aromatic rings. The van der Waals surface area contributed by atoms with Crippen LogP contribution in [0.4, 0.5) is 0 Å². The summed E-state index contributed by atoms with van der Waals surface area (Å²) < 4.78 is 34.0. The van der Waals surface area contributed by atoms with E-state index in [1.807, 2.05) is 34.0 Å². The second-order valence-corrected chi connectivity index (χ2v) is 8.97. The van der Waals surface area contributed by atoms with Crippen molar-refractivity contribution in [2.75, 3.05) is 0 Å². The van der Waals surface area contributed by atoms with Gasteiger partial charge in [0.1, 0.15) is 0 Å².